The summed E-state index contributed by atoms with van der Waals surface area (Å²) >= 11 is 0. The van der Waals surface area contributed by atoms with Crippen molar-refractivity contribution in [3.63, 3.8) is 0 Å². The van der Waals surface area contributed by atoms with Crippen LogP contribution in [0.15, 0.2) is 0 Å². The van der Waals surface area contributed by atoms with Crippen LogP contribution >= 0.6 is 0 Å². The van der Waals surface area contributed by atoms with Gasteiger partial charge in [-0.2, -0.15) is 0 Å². The Balaban J connectivity index is 1.80. The van der Waals surface area contributed by atoms with Crippen LogP contribution in [0.25, 0.3) is 0 Å². The molecule has 0 spiro atoms. The highest BCUT2D eigenvalue weighted by atomic mass is 15.5. The molecule has 0 aromatic carbocycles. The summed E-state index contributed by atoms with van der Waals surface area (Å²) in [7, 11) is 2.14. The number of hydrogen-bond acceptors (Lipinski definition) is 3. The average Bonchev–Trinajstić information content (AvgIpc) is 2.64. The van der Waals surface area contributed by atoms with Crippen molar-refractivity contribution < 1.29 is 0 Å². The van der Waals surface area contributed by atoms with E-state index >= 15 is 0 Å². The Morgan fingerprint density at radius 2 is 2.25 bits per heavy atom. The van der Waals surface area contributed by atoms with Crippen LogP contribution < -0.4 is 10.7 Å². The number of piperidine rings is 1. The van der Waals surface area contributed by atoms with Crippen molar-refractivity contribution in [1.82, 2.24) is 15.8 Å². The minimum Gasteiger partial charge on any atom is -0.313 e. The molecule has 0 aromatic heterocycles. The first-order chi connectivity index (χ1) is 7.66. The lowest BCUT2D eigenvalue weighted by atomic mass is 9.80. The fourth-order valence-electron chi connectivity index (χ4n) is 3.47. The predicted molar refractivity (Wildman–Crippen MR) is 68.1 cm³/mol. The van der Waals surface area contributed by atoms with Gasteiger partial charge in [0.15, 0.2) is 0 Å². The molecule has 0 bridgehead atoms. The molecule has 2 fully saturated rings. The third kappa shape index (κ3) is 2.96. The topological polar surface area (TPSA) is 27.3 Å². The number of rotatable bonds is 3. The van der Waals surface area contributed by atoms with Gasteiger partial charge in [-0.05, 0) is 43.6 Å². The highest BCUT2D eigenvalue weighted by Crippen LogP contribution is 2.26. The van der Waals surface area contributed by atoms with Crippen LogP contribution in [0.3, 0.4) is 0 Å². The van der Waals surface area contributed by atoms with E-state index in [2.05, 4.69) is 36.6 Å². The molecule has 2 heterocycles. The molecule has 4 unspecified atom stereocenters. The lowest BCUT2D eigenvalue weighted by Gasteiger charge is -2.35. The minimum absolute atomic E-state index is 0.750. The van der Waals surface area contributed by atoms with Crippen LogP contribution in [0.4, 0.5) is 0 Å². The second-order valence-corrected chi connectivity index (χ2v) is 5.92. The quantitative estimate of drug-likeness (QED) is 0.761. The molecule has 0 radical (unpaired) electrons. The number of nitrogens with zero attached hydrogens (tertiary/aromatic N) is 1. The van der Waals surface area contributed by atoms with Gasteiger partial charge < -0.3 is 5.32 Å². The van der Waals surface area contributed by atoms with E-state index in [0.717, 1.165) is 23.8 Å². The Bertz CT molecular complexity index is 219. The molecule has 2 saturated heterocycles. The van der Waals surface area contributed by atoms with Gasteiger partial charge in [0.1, 0.15) is 0 Å². The molecule has 2 rings (SSSR count). The Morgan fingerprint density at radius 1 is 1.44 bits per heavy atom. The average molecular weight is 225 g/mol. The van der Waals surface area contributed by atoms with Gasteiger partial charge in [-0.25, -0.2) is 5.01 Å². The van der Waals surface area contributed by atoms with Gasteiger partial charge in [-0.3, -0.25) is 5.43 Å². The third-order valence-corrected chi connectivity index (χ3v) is 4.33. The first-order valence-electron chi connectivity index (χ1n) is 6.85. The van der Waals surface area contributed by atoms with Crippen LogP contribution in [-0.4, -0.2) is 37.7 Å². The molecule has 2 N–H and O–H groups in total. The van der Waals surface area contributed by atoms with Crippen LogP contribution in [0.1, 0.15) is 33.1 Å². The van der Waals surface area contributed by atoms with E-state index in [1.165, 1.54) is 38.9 Å². The number of hydrazine groups is 1. The Kier molecular flexibility index (Phi) is 4.22. The van der Waals surface area contributed by atoms with E-state index in [0.29, 0.717) is 0 Å². The Morgan fingerprint density at radius 3 is 2.88 bits per heavy atom. The van der Waals surface area contributed by atoms with Gasteiger partial charge in [0.05, 0.1) is 0 Å². The molecule has 3 heteroatoms. The van der Waals surface area contributed by atoms with E-state index in [4.69, 9.17) is 0 Å². The normalized spacial score (nSPS) is 38.8. The maximum atomic E-state index is 3.72. The molecular formula is C13H27N3. The fraction of sp³-hybridized carbons (Fsp3) is 1.00. The maximum Gasteiger partial charge on any atom is 0.0168 e. The first kappa shape index (κ1) is 12.3. The Hall–Kier alpha value is -0.120. The second-order valence-electron chi connectivity index (χ2n) is 5.92. The van der Waals surface area contributed by atoms with Crippen molar-refractivity contribution in [2.75, 3.05) is 26.7 Å². The zero-order valence-electron chi connectivity index (χ0n) is 11.0. The summed E-state index contributed by atoms with van der Waals surface area (Å²) in [6, 6.07) is 0.750. The highest BCUT2D eigenvalue weighted by Gasteiger charge is 2.29. The van der Waals surface area contributed by atoms with Gasteiger partial charge >= 0.3 is 0 Å². The maximum absolute atomic E-state index is 3.72. The van der Waals surface area contributed by atoms with Crippen molar-refractivity contribution in [2.24, 2.45) is 17.8 Å². The third-order valence-electron chi connectivity index (χ3n) is 4.33. The van der Waals surface area contributed by atoms with Crippen LogP contribution in [0.5, 0.6) is 0 Å². The van der Waals surface area contributed by atoms with Crippen molar-refractivity contribution in [2.45, 2.75) is 39.2 Å². The fourth-order valence-corrected chi connectivity index (χ4v) is 3.47. The van der Waals surface area contributed by atoms with Gasteiger partial charge in [-0.15, -0.1) is 0 Å². The van der Waals surface area contributed by atoms with E-state index in [1.807, 2.05) is 0 Å². The zero-order valence-corrected chi connectivity index (χ0v) is 11.0. The van der Waals surface area contributed by atoms with Gasteiger partial charge in [0.2, 0.25) is 0 Å². The SMILES string of the molecule is CC1CCCNC1C(C)CC1CNN(C)C1. The number of nitrogens with one attached hydrogen (secondary N) is 2. The summed E-state index contributed by atoms with van der Waals surface area (Å²) in [4.78, 5) is 0. The summed E-state index contributed by atoms with van der Waals surface area (Å²) in [5.41, 5.74) is 3.40. The zero-order chi connectivity index (χ0) is 11.5. The highest BCUT2D eigenvalue weighted by molar-refractivity contribution is 4.85. The van der Waals surface area contributed by atoms with Crippen LogP contribution in [0.2, 0.25) is 0 Å². The molecule has 0 aromatic rings. The molecule has 2 aliphatic heterocycles. The summed E-state index contributed by atoms with van der Waals surface area (Å²) < 4.78 is 0. The van der Waals surface area contributed by atoms with E-state index in [9.17, 15) is 0 Å². The molecular weight excluding hydrogens is 198 g/mol. The molecule has 3 nitrogen and oxygen atoms in total. The molecule has 2 aliphatic rings. The van der Waals surface area contributed by atoms with E-state index < -0.39 is 0 Å². The van der Waals surface area contributed by atoms with Gasteiger partial charge in [0.25, 0.3) is 0 Å². The van der Waals surface area contributed by atoms with Crippen molar-refractivity contribution in [3.05, 3.63) is 0 Å². The van der Waals surface area contributed by atoms with Crippen LogP contribution in [-0.2, 0) is 0 Å². The molecule has 0 aliphatic carbocycles. The molecule has 0 saturated carbocycles. The summed E-state index contributed by atoms with van der Waals surface area (Å²) in [5, 5.41) is 5.95. The summed E-state index contributed by atoms with van der Waals surface area (Å²) in [6.07, 6.45) is 4.13. The molecule has 0 amide bonds. The minimum atomic E-state index is 0.750. The molecule has 4 atom stereocenters. The molecule has 16 heavy (non-hydrogen) atoms. The standard InChI is InChI=1S/C13H27N3/c1-10-5-4-6-14-13(10)11(2)7-12-8-15-16(3)9-12/h10-15H,4-9H2,1-3H3. The lowest BCUT2D eigenvalue weighted by molar-refractivity contribution is 0.207. The predicted octanol–water partition coefficient (Wildman–Crippen LogP) is 1.47. The smallest absolute Gasteiger partial charge is 0.0168 e. The number of hydrogen-bond donors (Lipinski definition) is 2. The summed E-state index contributed by atoms with van der Waals surface area (Å²) in [6.45, 7) is 8.44. The monoisotopic (exact) mass is 225 g/mol. The Labute approximate surface area is 99.9 Å². The lowest BCUT2D eigenvalue weighted by Crippen LogP contribution is -2.45. The second kappa shape index (κ2) is 5.48. The van der Waals surface area contributed by atoms with Crippen molar-refractivity contribution in [3.8, 4) is 0 Å². The van der Waals surface area contributed by atoms with Crippen molar-refractivity contribution >= 4 is 0 Å². The molecule has 94 valence electrons. The summed E-state index contributed by atoms with van der Waals surface area (Å²) in [5.74, 6) is 2.51. The largest absolute Gasteiger partial charge is 0.313 e. The first-order valence-corrected chi connectivity index (χ1v) is 6.85. The van der Waals surface area contributed by atoms with Gasteiger partial charge in [-0.1, -0.05) is 13.8 Å². The van der Waals surface area contributed by atoms with Crippen molar-refractivity contribution in [1.29, 1.82) is 0 Å². The van der Waals surface area contributed by atoms with E-state index in [-0.39, 0.29) is 0 Å². The van der Waals surface area contributed by atoms with E-state index in [1.54, 1.807) is 0 Å². The van der Waals surface area contributed by atoms with Crippen LogP contribution in [0, 0.1) is 17.8 Å². The van der Waals surface area contributed by atoms with Gasteiger partial charge in [0, 0.05) is 26.2 Å².